The highest BCUT2D eigenvalue weighted by Gasteiger charge is 2.60. The Morgan fingerprint density at radius 1 is 0.593 bits per heavy atom. The molecule has 0 saturated carbocycles. The van der Waals surface area contributed by atoms with E-state index in [9.17, 15) is 19.2 Å². The summed E-state index contributed by atoms with van der Waals surface area (Å²) in [6.07, 6.45) is 3.52. The molecule has 0 aromatic heterocycles. The van der Waals surface area contributed by atoms with E-state index in [-0.39, 0.29) is 22.3 Å². The summed E-state index contributed by atoms with van der Waals surface area (Å²) < 4.78 is 30.8. The zero-order valence-electron chi connectivity index (χ0n) is 30.5. The summed E-state index contributed by atoms with van der Waals surface area (Å²) in [7, 11) is 0. The maximum atomic E-state index is 13.7. The molecule has 54 heavy (non-hydrogen) atoms. The molecule has 1 saturated heterocycles. The second kappa shape index (κ2) is 20.5. The van der Waals surface area contributed by atoms with E-state index in [0.717, 1.165) is 25.7 Å². The highest BCUT2D eigenvalue weighted by atomic mass is 32.1. The Bertz CT molecular complexity index is 1770. The minimum atomic E-state index is -1.49. The van der Waals surface area contributed by atoms with Gasteiger partial charge in [-0.05, 0) is 61.4 Å². The largest absolute Gasteiger partial charge is 0.458 e. The third-order valence-corrected chi connectivity index (χ3v) is 9.90. The Labute approximate surface area is 322 Å². The number of carbonyl (C=O) groups is 4. The van der Waals surface area contributed by atoms with Gasteiger partial charge in [0.25, 0.3) is 0 Å². The molecule has 4 aromatic rings. The van der Waals surface area contributed by atoms with Gasteiger partial charge in [-0.15, -0.1) is 12.6 Å². The smallest absolute Gasteiger partial charge is 0.338 e. The predicted molar refractivity (Wildman–Crippen MR) is 207 cm³/mol. The van der Waals surface area contributed by atoms with Crippen molar-refractivity contribution in [3.05, 3.63) is 144 Å². The lowest BCUT2D eigenvalue weighted by Crippen LogP contribution is -2.48. The number of rotatable bonds is 19. The van der Waals surface area contributed by atoms with Gasteiger partial charge in [-0.2, -0.15) is 0 Å². The molecule has 1 fully saturated rings. The van der Waals surface area contributed by atoms with Gasteiger partial charge in [0.15, 0.2) is 23.2 Å². The molecule has 5 rings (SSSR count). The highest BCUT2D eigenvalue weighted by Crippen LogP contribution is 2.44. The van der Waals surface area contributed by atoms with Gasteiger partial charge >= 0.3 is 23.9 Å². The number of ether oxygens (including phenoxy) is 5. The minimum Gasteiger partial charge on any atom is -0.458 e. The Hall–Kier alpha value is -4.93. The number of esters is 4. The standard InChI is InChI=1S/C44H48O9S/c1-2-3-4-5-6-7-8-21-30-44(54)39(52-43(48)35-28-19-12-20-29-35)38(51-42(47)34-26-17-11-18-27-34)37(53-44)36(50-41(46)33-24-15-10-16-25-33)31-49-40(45)32-22-13-9-14-23-32/h9-20,22-29,36-39,54H,2-8,21,30-31H2,1H3/t36-,37+,38+,39-,44+/m1/s1. The maximum Gasteiger partial charge on any atom is 0.338 e. The topological polar surface area (TPSA) is 114 Å². The molecule has 1 heterocycles. The first-order valence-corrected chi connectivity index (χ1v) is 19.1. The molecule has 9 nitrogen and oxygen atoms in total. The zero-order chi connectivity index (χ0) is 38.2. The second-order valence-electron chi connectivity index (χ2n) is 13.4. The van der Waals surface area contributed by atoms with E-state index in [2.05, 4.69) is 6.92 Å². The number of benzene rings is 4. The van der Waals surface area contributed by atoms with Crippen molar-refractivity contribution in [2.24, 2.45) is 0 Å². The Kier molecular flexibility index (Phi) is 15.3. The SMILES string of the molecule is CCCCCCCCCC[C@@]1(S)O[C@@H]([C@@H](COC(=O)c2ccccc2)OC(=O)c2ccccc2)[C@H](OC(=O)c2ccccc2)[C@H]1OC(=O)c1ccccc1. The first-order valence-electron chi connectivity index (χ1n) is 18.7. The van der Waals surface area contributed by atoms with Crippen LogP contribution in [0, 0.1) is 0 Å². The van der Waals surface area contributed by atoms with Gasteiger partial charge in [-0.3, -0.25) is 0 Å². The van der Waals surface area contributed by atoms with Gasteiger partial charge in [-0.25, -0.2) is 19.2 Å². The summed E-state index contributed by atoms with van der Waals surface area (Å²) >= 11 is 5.04. The average Bonchev–Trinajstić information content (AvgIpc) is 3.48. The van der Waals surface area contributed by atoms with Crippen LogP contribution >= 0.6 is 12.6 Å². The fourth-order valence-corrected chi connectivity index (χ4v) is 6.88. The molecule has 4 aromatic carbocycles. The summed E-state index contributed by atoms with van der Waals surface area (Å²) in [4.78, 5) is 52.7. The first-order chi connectivity index (χ1) is 26.3. The molecule has 0 bridgehead atoms. The van der Waals surface area contributed by atoms with Crippen molar-refractivity contribution < 1.29 is 42.9 Å². The van der Waals surface area contributed by atoms with Gasteiger partial charge in [0.05, 0.1) is 22.3 Å². The van der Waals surface area contributed by atoms with Gasteiger partial charge in [-0.1, -0.05) is 125 Å². The third-order valence-electron chi connectivity index (χ3n) is 9.31. The van der Waals surface area contributed by atoms with Gasteiger partial charge in [0.1, 0.15) is 12.7 Å². The summed E-state index contributed by atoms with van der Waals surface area (Å²) in [5.41, 5.74) is 1.06. The van der Waals surface area contributed by atoms with Gasteiger partial charge in [0, 0.05) is 0 Å². The van der Waals surface area contributed by atoms with Crippen LogP contribution in [-0.2, 0) is 23.7 Å². The van der Waals surface area contributed by atoms with Gasteiger partial charge < -0.3 is 23.7 Å². The van der Waals surface area contributed by atoms with Crippen LogP contribution in [0.2, 0.25) is 0 Å². The highest BCUT2D eigenvalue weighted by molar-refractivity contribution is 7.81. The monoisotopic (exact) mass is 752 g/mol. The molecule has 0 amide bonds. The predicted octanol–water partition coefficient (Wildman–Crippen LogP) is 9.08. The molecule has 0 N–H and O–H groups in total. The van der Waals surface area contributed by atoms with E-state index in [1.54, 1.807) is 121 Å². The number of thiol groups is 1. The number of hydrogen-bond acceptors (Lipinski definition) is 10. The Balaban J connectivity index is 1.49. The average molecular weight is 753 g/mol. The maximum absolute atomic E-state index is 13.7. The summed E-state index contributed by atoms with van der Waals surface area (Å²) in [6, 6.07) is 33.5. The van der Waals surface area contributed by atoms with Crippen molar-refractivity contribution in [3.63, 3.8) is 0 Å². The Morgan fingerprint density at radius 2 is 1.02 bits per heavy atom. The molecular weight excluding hydrogens is 705 g/mol. The van der Waals surface area contributed by atoms with E-state index in [1.165, 1.54) is 19.3 Å². The number of unbranched alkanes of at least 4 members (excludes halogenated alkanes) is 7. The van der Waals surface area contributed by atoms with Crippen LogP contribution in [0.3, 0.4) is 0 Å². The van der Waals surface area contributed by atoms with Crippen LogP contribution in [0.25, 0.3) is 0 Å². The second-order valence-corrected chi connectivity index (χ2v) is 14.1. The van der Waals surface area contributed by atoms with E-state index in [4.69, 9.17) is 36.3 Å². The van der Waals surface area contributed by atoms with Crippen LogP contribution in [0.4, 0.5) is 0 Å². The number of hydrogen-bond donors (Lipinski definition) is 1. The summed E-state index contributed by atoms with van der Waals surface area (Å²) in [5.74, 6) is -2.76. The van der Waals surface area contributed by atoms with Crippen LogP contribution in [0.1, 0.15) is 106 Å². The van der Waals surface area contributed by atoms with Crippen molar-refractivity contribution in [1.29, 1.82) is 0 Å². The fourth-order valence-electron chi connectivity index (χ4n) is 6.40. The van der Waals surface area contributed by atoms with E-state index in [0.29, 0.717) is 12.8 Å². The molecule has 1 aliphatic heterocycles. The normalized spacial score (nSPS) is 19.7. The van der Waals surface area contributed by atoms with Gasteiger partial charge in [0.2, 0.25) is 0 Å². The molecule has 10 heteroatoms. The van der Waals surface area contributed by atoms with Crippen LogP contribution in [0.15, 0.2) is 121 Å². The molecule has 5 atom stereocenters. The quantitative estimate of drug-likeness (QED) is 0.0434. The zero-order valence-corrected chi connectivity index (χ0v) is 31.4. The third kappa shape index (κ3) is 11.3. The van der Waals surface area contributed by atoms with E-state index >= 15 is 0 Å². The number of carbonyl (C=O) groups excluding carboxylic acids is 4. The molecule has 0 radical (unpaired) electrons. The molecule has 0 aliphatic carbocycles. The fraction of sp³-hybridized carbons (Fsp3) is 0.364. The lowest BCUT2D eigenvalue weighted by molar-refractivity contribution is -0.102. The van der Waals surface area contributed by atoms with Crippen molar-refractivity contribution in [3.8, 4) is 0 Å². The van der Waals surface area contributed by atoms with E-state index < -0.39 is 59.8 Å². The molecular formula is C44H48O9S. The molecule has 1 aliphatic rings. The molecule has 0 spiro atoms. The first kappa shape index (κ1) is 40.3. The lowest BCUT2D eigenvalue weighted by atomic mass is 9.98. The molecule has 0 unspecified atom stereocenters. The summed E-state index contributed by atoms with van der Waals surface area (Å²) in [6.45, 7) is 1.73. The van der Waals surface area contributed by atoms with Crippen LogP contribution < -0.4 is 0 Å². The van der Waals surface area contributed by atoms with Crippen LogP contribution in [0.5, 0.6) is 0 Å². The summed E-state index contributed by atoms with van der Waals surface area (Å²) in [5, 5.41) is 0. The van der Waals surface area contributed by atoms with Crippen molar-refractivity contribution in [1.82, 2.24) is 0 Å². The lowest BCUT2D eigenvalue weighted by Gasteiger charge is -2.30. The van der Waals surface area contributed by atoms with Crippen molar-refractivity contribution in [2.75, 3.05) is 6.61 Å². The van der Waals surface area contributed by atoms with E-state index in [1.807, 2.05) is 0 Å². The van der Waals surface area contributed by atoms with Crippen LogP contribution in [-0.4, -0.2) is 59.8 Å². The van der Waals surface area contributed by atoms with Crippen molar-refractivity contribution in [2.45, 2.75) is 94.1 Å². The minimum absolute atomic E-state index is 0.246. The van der Waals surface area contributed by atoms with Crippen molar-refractivity contribution >= 4 is 36.5 Å². The molecule has 284 valence electrons. The Morgan fingerprint density at radius 3 is 1.52 bits per heavy atom.